The van der Waals surface area contributed by atoms with E-state index >= 15 is 0 Å². The summed E-state index contributed by atoms with van der Waals surface area (Å²) in [6.07, 6.45) is 3.47. The van der Waals surface area contributed by atoms with Crippen LogP contribution in [0.5, 0.6) is 0 Å². The number of nitrogens with one attached hydrogen (secondary N) is 1. The average Bonchev–Trinajstić information content (AvgIpc) is 3.49. The third-order valence-corrected chi connectivity index (χ3v) is 5.26. The number of furan rings is 2. The van der Waals surface area contributed by atoms with Gasteiger partial charge in [-0.05, 0) is 60.2 Å². The van der Waals surface area contributed by atoms with E-state index in [0.717, 1.165) is 10.0 Å². The Morgan fingerprint density at radius 2 is 1.48 bits per heavy atom. The van der Waals surface area contributed by atoms with Crippen molar-refractivity contribution in [1.82, 2.24) is 9.97 Å². The van der Waals surface area contributed by atoms with Crippen molar-refractivity contribution in [3.05, 3.63) is 89.3 Å². The molecule has 3 heterocycles. The SMILES string of the molecule is O=C(Cc1ccc(Br)cc1)Nc1ccc2nc(-c3ccco3)c(-c3ccco3)nc2c1. The number of fused-ring (bicyclic) bond motifs is 1. The number of carbonyl (C=O) groups is 1. The summed E-state index contributed by atoms with van der Waals surface area (Å²) in [5, 5.41) is 2.93. The molecule has 3 aromatic heterocycles. The van der Waals surface area contributed by atoms with Gasteiger partial charge >= 0.3 is 0 Å². The standard InChI is InChI=1S/C24H16BrN3O3/c25-16-7-5-15(6-8-16)13-22(29)26-17-9-10-18-19(14-17)28-24(21-4-2-12-31-21)23(27-18)20-3-1-11-30-20/h1-12,14H,13H2,(H,26,29). The molecule has 0 atom stereocenters. The summed E-state index contributed by atoms with van der Waals surface area (Å²) in [6, 6.07) is 20.4. The zero-order valence-electron chi connectivity index (χ0n) is 16.2. The molecule has 31 heavy (non-hydrogen) atoms. The molecule has 1 amide bonds. The van der Waals surface area contributed by atoms with E-state index < -0.39 is 0 Å². The molecule has 0 spiro atoms. The van der Waals surface area contributed by atoms with Crippen molar-refractivity contribution in [2.75, 3.05) is 5.32 Å². The van der Waals surface area contributed by atoms with E-state index in [2.05, 4.69) is 21.2 Å². The number of halogens is 1. The van der Waals surface area contributed by atoms with E-state index in [4.69, 9.17) is 18.8 Å². The summed E-state index contributed by atoms with van der Waals surface area (Å²) in [5.74, 6) is 1.09. The second-order valence-electron chi connectivity index (χ2n) is 6.93. The van der Waals surface area contributed by atoms with Crippen LogP contribution >= 0.6 is 15.9 Å². The van der Waals surface area contributed by atoms with Crippen LogP contribution in [0.1, 0.15) is 5.56 Å². The van der Waals surface area contributed by atoms with Crippen LogP contribution in [0.2, 0.25) is 0 Å². The van der Waals surface area contributed by atoms with Crippen molar-refractivity contribution in [3.63, 3.8) is 0 Å². The second kappa shape index (κ2) is 8.20. The fraction of sp³-hybridized carbons (Fsp3) is 0.0417. The first kappa shape index (κ1) is 19.3. The van der Waals surface area contributed by atoms with E-state index in [-0.39, 0.29) is 12.3 Å². The predicted octanol–water partition coefficient (Wildman–Crippen LogP) is 6.09. The zero-order chi connectivity index (χ0) is 21.2. The third kappa shape index (κ3) is 4.13. The lowest BCUT2D eigenvalue weighted by molar-refractivity contribution is -0.115. The summed E-state index contributed by atoms with van der Waals surface area (Å²) in [4.78, 5) is 22.0. The Labute approximate surface area is 186 Å². The molecule has 5 rings (SSSR count). The lowest BCUT2D eigenvalue weighted by Gasteiger charge is -2.09. The number of rotatable bonds is 5. The topological polar surface area (TPSA) is 81.2 Å². The third-order valence-electron chi connectivity index (χ3n) is 4.74. The molecule has 0 fully saturated rings. The molecule has 0 aliphatic carbocycles. The molecule has 7 heteroatoms. The van der Waals surface area contributed by atoms with Crippen LogP contribution in [0.3, 0.4) is 0 Å². The Bertz CT molecular complexity index is 1350. The first-order valence-corrected chi connectivity index (χ1v) is 10.4. The molecule has 1 N–H and O–H groups in total. The first-order chi connectivity index (χ1) is 15.2. The highest BCUT2D eigenvalue weighted by atomic mass is 79.9. The maximum absolute atomic E-state index is 12.5. The summed E-state index contributed by atoms with van der Waals surface area (Å²) >= 11 is 3.40. The minimum atomic E-state index is -0.104. The fourth-order valence-corrected chi connectivity index (χ4v) is 3.56. The average molecular weight is 474 g/mol. The molecule has 0 saturated heterocycles. The molecule has 0 saturated carbocycles. The van der Waals surface area contributed by atoms with Crippen LogP contribution in [0, 0.1) is 0 Å². The fourth-order valence-electron chi connectivity index (χ4n) is 3.30. The number of aromatic nitrogens is 2. The second-order valence-corrected chi connectivity index (χ2v) is 7.85. The Kier molecular flexibility index (Phi) is 5.09. The molecule has 0 aliphatic heterocycles. The molecule has 152 valence electrons. The van der Waals surface area contributed by atoms with Gasteiger partial charge in [0.25, 0.3) is 0 Å². The monoisotopic (exact) mass is 473 g/mol. The van der Waals surface area contributed by atoms with Crippen molar-refractivity contribution in [1.29, 1.82) is 0 Å². The summed E-state index contributed by atoms with van der Waals surface area (Å²) in [6.45, 7) is 0. The quantitative estimate of drug-likeness (QED) is 0.333. The maximum atomic E-state index is 12.5. The molecular formula is C24H16BrN3O3. The van der Waals surface area contributed by atoms with Crippen LogP contribution in [-0.2, 0) is 11.2 Å². The number of amides is 1. The molecule has 6 nitrogen and oxygen atoms in total. The van der Waals surface area contributed by atoms with Gasteiger partial charge in [0.1, 0.15) is 11.4 Å². The van der Waals surface area contributed by atoms with Crippen LogP contribution < -0.4 is 5.32 Å². The molecule has 0 aliphatic rings. The van der Waals surface area contributed by atoms with E-state index in [0.29, 0.717) is 39.6 Å². The van der Waals surface area contributed by atoms with Crippen molar-refractivity contribution in [2.45, 2.75) is 6.42 Å². The highest BCUT2D eigenvalue weighted by Gasteiger charge is 2.17. The van der Waals surface area contributed by atoms with Crippen molar-refractivity contribution in [3.8, 4) is 22.9 Å². The number of hydrogen-bond acceptors (Lipinski definition) is 5. The van der Waals surface area contributed by atoms with Gasteiger partial charge in [-0.15, -0.1) is 0 Å². The van der Waals surface area contributed by atoms with Crippen LogP contribution in [-0.4, -0.2) is 15.9 Å². The van der Waals surface area contributed by atoms with Crippen molar-refractivity contribution < 1.29 is 13.6 Å². The van der Waals surface area contributed by atoms with E-state index in [1.54, 1.807) is 30.7 Å². The van der Waals surface area contributed by atoms with Gasteiger partial charge in [0, 0.05) is 10.2 Å². The molecule has 0 bridgehead atoms. The zero-order valence-corrected chi connectivity index (χ0v) is 17.8. The van der Waals surface area contributed by atoms with Gasteiger partial charge in [-0.25, -0.2) is 9.97 Å². The van der Waals surface area contributed by atoms with Gasteiger partial charge < -0.3 is 14.2 Å². The van der Waals surface area contributed by atoms with Gasteiger partial charge in [0.15, 0.2) is 11.5 Å². The summed E-state index contributed by atoms with van der Waals surface area (Å²) in [5.41, 5.74) is 4.09. The molecule has 0 radical (unpaired) electrons. The highest BCUT2D eigenvalue weighted by Crippen LogP contribution is 2.32. The molecule has 2 aromatic carbocycles. The molecule has 5 aromatic rings. The van der Waals surface area contributed by atoms with E-state index in [1.807, 2.05) is 48.5 Å². The number of carbonyl (C=O) groups excluding carboxylic acids is 1. The minimum absolute atomic E-state index is 0.104. The first-order valence-electron chi connectivity index (χ1n) is 9.59. The van der Waals surface area contributed by atoms with E-state index in [9.17, 15) is 4.79 Å². The maximum Gasteiger partial charge on any atom is 0.228 e. The predicted molar refractivity (Wildman–Crippen MR) is 121 cm³/mol. The van der Waals surface area contributed by atoms with Crippen LogP contribution in [0.25, 0.3) is 33.9 Å². The number of hydrogen-bond donors (Lipinski definition) is 1. The number of anilines is 1. The molecule has 0 unspecified atom stereocenters. The number of nitrogens with zero attached hydrogens (tertiary/aromatic N) is 2. The normalized spacial score (nSPS) is 11.0. The summed E-state index contributed by atoms with van der Waals surface area (Å²) < 4.78 is 12.1. The van der Waals surface area contributed by atoms with Crippen molar-refractivity contribution >= 4 is 38.6 Å². The van der Waals surface area contributed by atoms with Crippen LogP contribution in [0.4, 0.5) is 5.69 Å². The van der Waals surface area contributed by atoms with Gasteiger partial charge in [-0.3, -0.25) is 4.79 Å². The number of benzene rings is 2. The largest absolute Gasteiger partial charge is 0.463 e. The Morgan fingerprint density at radius 1 is 0.839 bits per heavy atom. The van der Waals surface area contributed by atoms with Crippen molar-refractivity contribution in [2.24, 2.45) is 0 Å². The highest BCUT2D eigenvalue weighted by molar-refractivity contribution is 9.10. The Balaban J connectivity index is 1.47. The Morgan fingerprint density at radius 3 is 2.10 bits per heavy atom. The van der Waals surface area contributed by atoms with Gasteiger partial charge in [0.2, 0.25) is 5.91 Å². The van der Waals surface area contributed by atoms with Crippen LogP contribution in [0.15, 0.2) is 92.6 Å². The van der Waals surface area contributed by atoms with Gasteiger partial charge in [0.05, 0.1) is 30.0 Å². The van der Waals surface area contributed by atoms with Gasteiger partial charge in [-0.2, -0.15) is 0 Å². The van der Waals surface area contributed by atoms with Gasteiger partial charge in [-0.1, -0.05) is 28.1 Å². The summed E-state index contributed by atoms with van der Waals surface area (Å²) in [7, 11) is 0. The lowest BCUT2D eigenvalue weighted by atomic mass is 10.1. The minimum Gasteiger partial charge on any atom is -0.463 e. The molecular weight excluding hydrogens is 458 g/mol. The lowest BCUT2D eigenvalue weighted by Crippen LogP contribution is -2.14. The van der Waals surface area contributed by atoms with E-state index in [1.165, 1.54) is 0 Å². The smallest absolute Gasteiger partial charge is 0.228 e. The Hall–Kier alpha value is -3.71.